The standard InChI is InChI=1S/C13H11ClN2O/c1-16-9-10(8-15-16)5-6-13(17)11-3-2-4-12(14)7-11/h2-9H,1H3/b6-5+. The molecule has 2 rings (SSSR count). The monoisotopic (exact) mass is 246 g/mol. The van der Waals surface area contributed by atoms with Crippen LogP contribution < -0.4 is 0 Å². The van der Waals surface area contributed by atoms with Crippen molar-refractivity contribution in [3.8, 4) is 0 Å². The van der Waals surface area contributed by atoms with Gasteiger partial charge in [0.15, 0.2) is 5.78 Å². The molecule has 0 saturated heterocycles. The van der Waals surface area contributed by atoms with E-state index in [2.05, 4.69) is 5.10 Å². The Balaban J connectivity index is 2.14. The van der Waals surface area contributed by atoms with Crippen molar-refractivity contribution in [1.29, 1.82) is 0 Å². The Morgan fingerprint density at radius 3 is 2.94 bits per heavy atom. The summed E-state index contributed by atoms with van der Waals surface area (Å²) < 4.78 is 1.68. The number of ketones is 1. The van der Waals surface area contributed by atoms with Crippen LogP contribution in [-0.4, -0.2) is 15.6 Å². The fraction of sp³-hybridized carbons (Fsp3) is 0.0769. The van der Waals surface area contributed by atoms with Crippen LogP contribution in [0.15, 0.2) is 42.7 Å². The van der Waals surface area contributed by atoms with E-state index in [-0.39, 0.29) is 5.78 Å². The second kappa shape index (κ2) is 4.97. The Morgan fingerprint density at radius 2 is 2.29 bits per heavy atom. The second-order valence-electron chi connectivity index (χ2n) is 3.66. The molecule has 1 heterocycles. The molecule has 0 unspecified atom stereocenters. The van der Waals surface area contributed by atoms with Crippen LogP contribution in [-0.2, 0) is 7.05 Å². The molecule has 1 aromatic heterocycles. The molecule has 0 radical (unpaired) electrons. The average Bonchev–Trinajstić information content (AvgIpc) is 2.72. The Labute approximate surface area is 104 Å². The van der Waals surface area contributed by atoms with Gasteiger partial charge in [0.2, 0.25) is 0 Å². The van der Waals surface area contributed by atoms with Gasteiger partial charge < -0.3 is 0 Å². The Bertz CT molecular complexity index is 572. The third-order valence-electron chi connectivity index (χ3n) is 2.26. The van der Waals surface area contributed by atoms with Crippen molar-refractivity contribution in [3.05, 3.63) is 58.9 Å². The molecule has 2 aromatic rings. The van der Waals surface area contributed by atoms with Crippen molar-refractivity contribution < 1.29 is 4.79 Å². The summed E-state index contributed by atoms with van der Waals surface area (Å²) in [6, 6.07) is 6.88. The molecule has 0 aliphatic carbocycles. The minimum Gasteiger partial charge on any atom is -0.289 e. The molecular formula is C13H11ClN2O. The van der Waals surface area contributed by atoms with E-state index in [1.54, 1.807) is 41.2 Å². The maximum absolute atomic E-state index is 11.8. The van der Waals surface area contributed by atoms with Gasteiger partial charge in [-0.3, -0.25) is 9.48 Å². The molecular weight excluding hydrogens is 236 g/mol. The first-order valence-corrected chi connectivity index (χ1v) is 5.49. The lowest BCUT2D eigenvalue weighted by Crippen LogP contribution is -1.93. The quantitative estimate of drug-likeness (QED) is 0.617. The van der Waals surface area contributed by atoms with Gasteiger partial charge in [0.1, 0.15) is 0 Å². The number of aryl methyl sites for hydroxylation is 1. The molecule has 0 N–H and O–H groups in total. The molecule has 0 aliphatic heterocycles. The number of hydrogen-bond acceptors (Lipinski definition) is 2. The number of rotatable bonds is 3. The highest BCUT2D eigenvalue weighted by atomic mass is 35.5. The van der Waals surface area contributed by atoms with Crippen molar-refractivity contribution >= 4 is 23.5 Å². The summed E-state index contributed by atoms with van der Waals surface area (Å²) in [6.45, 7) is 0. The zero-order chi connectivity index (χ0) is 12.3. The molecule has 1 aromatic carbocycles. The lowest BCUT2D eigenvalue weighted by Gasteiger charge is -1.95. The highest BCUT2D eigenvalue weighted by Gasteiger charge is 2.01. The normalized spacial score (nSPS) is 10.9. The Kier molecular flexibility index (Phi) is 3.40. The van der Waals surface area contributed by atoms with Crippen LogP contribution in [0.2, 0.25) is 5.02 Å². The Hall–Kier alpha value is -1.87. The van der Waals surface area contributed by atoms with Crippen LogP contribution in [0.5, 0.6) is 0 Å². The Morgan fingerprint density at radius 1 is 1.47 bits per heavy atom. The molecule has 4 heteroatoms. The van der Waals surface area contributed by atoms with E-state index in [0.717, 1.165) is 5.56 Å². The summed E-state index contributed by atoms with van der Waals surface area (Å²) in [5.41, 5.74) is 1.47. The van der Waals surface area contributed by atoms with E-state index in [9.17, 15) is 4.79 Å². The molecule has 3 nitrogen and oxygen atoms in total. The lowest BCUT2D eigenvalue weighted by molar-refractivity contribution is 0.104. The smallest absolute Gasteiger partial charge is 0.185 e. The molecule has 0 spiro atoms. The first kappa shape index (κ1) is 11.6. The van der Waals surface area contributed by atoms with E-state index in [1.807, 2.05) is 13.2 Å². The zero-order valence-electron chi connectivity index (χ0n) is 9.30. The average molecular weight is 247 g/mol. The number of nitrogens with zero attached hydrogens (tertiary/aromatic N) is 2. The van der Waals surface area contributed by atoms with Crippen LogP contribution in [0.1, 0.15) is 15.9 Å². The number of hydrogen-bond donors (Lipinski definition) is 0. The highest BCUT2D eigenvalue weighted by molar-refractivity contribution is 6.31. The topological polar surface area (TPSA) is 34.9 Å². The number of carbonyl (C=O) groups is 1. The zero-order valence-corrected chi connectivity index (χ0v) is 10.1. The van der Waals surface area contributed by atoms with Crippen molar-refractivity contribution in [2.75, 3.05) is 0 Å². The second-order valence-corrected chi connectivity index (χ2v) is 4.09. The fourth-order valence-corrected chi connectivity index (χ4v) is 1.63. The van der Waals surface area contributed by atoms with Crippen molar-refractivity contribution in [2.45, 2.75) is 0 Å². The number of halogens is 1. The van der Waals surface area contributed by atoms with Gasteiger partial charge in [-0.2, -0.15) is 5.10 Å². The number of allylic oxidation sites excluding steroid dienone is 1. The van der Waals surface area contributed by atoms with Crippen molar-refractivity contribution in [2.24, 2.45) is 7.05 Å². The summed E-state index contributed by atoms with van der Waals surface area (Å²) in [5, 5.41) is 4.58. The highest BCUT2D eigenvalue weighted by Crippen LogP contribution is 2.12. The van der Waals surface area contributed by atoms with Crippen molar-refractivity contribution in [3.63, 3.8) is 0 Å². The first-order chi connectivity index (χ1) is 8.15. The minimum atomic E-state index is -0.0728. The van der Waals surface area contributed by atoms with Gasteiger partial charge in [-0.05, 0) is 24.3 Å². The van der Waals surface area contributed by atoms with E-state index < -0.39 is 0 Å². The van der Waals surface area contributed by atoms with Gasteiger partial charge in [-0.1, -0.05) is 23.7 Å². The summed E-state index contributed by atoms with van der Waals surface area (Å²) in [7, 11) is 1.83. The van der Waals surface area contributed by atoms with Gasteiger partial charge in [-0.15, -0.1) is 0 Å². The van der Waals surface area contributed by atoms with Gasteiger partial charge in [0.05, 0.1) is 6.20 Å². The molecule has 86 valence electrons. The van der Waals surface area contributed by atoms with E-state index in [0.29, 0.717) is 10.6 Å². The largest absolute Gasteiger partial charge is 0.289 e. The van der Waals surface area contributed by atoms with Crippen LogP contribution >= 0.6 is 11.6 Å². The maximum Gasteiger partial charge on any atom is 0.185 e. The van der Waals surface area contributed by atoms with Crippen LogP contribution in [0.4, 0.5) is 0 Å². The van der Waals surface area contributed by atoms with Crippen molar-refractivity contribution in [1.82, 2.24) is 9.78 Å². The summed E-state index contributed by atoms with van der Waals surface area (Å²) in [4.78, 5) is 11.8. The third-order valence-corrected chi connectivity index (χ3v) is 2.50. The first-order valence-electron chi connectivity index (χ1n) is 5.12. The maximum atomic E-state index is 11.8. The van der Waals surface area contributed by atoms with E-state index >= 15 is 0 Å². The third kappa shape index (κ3) is 3.04. The molecule has 0 saturated carbocycles. The van der Waals surface area contributed by atoms with Crippen LogP contribution in [0.25, 0.3) is 6.08 Å². The van der Waals surface area contributed by atoms with E-state index in [1.165, 1.54) is 6.08 Å². The van der Waals surface area contributed by atoms with Gasteiger partial charge in [0.25, 0.3) is 0 Å². The van der Waals surface area contributed by atoms with Gasteiger partial charge in [-0.25, -0.2) is 0 Å². The number of benzene rings is 1. The number of aromatic nitrogens is 2. The molecule has 0 amide bonds. The van der Waals surface area contributed by atoms with Gasteiger partial charge >= 0.3 is 0 Å². The minimum absolute atomic E-state index is 0.0728. The number of carbonyl (C=O) groups excluding carboxylic acids is 1. The SMILES string of the molecule is Cn1cc(/C=C/C(=O)c2cccc(Cl)c2)cn1. The lowest BCUT2D eigenvalue weighted by atomic mass is 10.1. The predicted octanol–water partition coefficient (Wildman–Crippen LogP) is 2.97. The molecule has 0 aliphatic rings. The van der Waals surface area contributed by atoms with Crippen LogP contribution in [0.3, 0.4) is 0 Å². The molecule has 0 fully saturated rings. The fourth-order valence-electron chi connectivity index (χ4n) is 1.44. The summed E-state index contributed by atoms with van der Waals surface area (Å²) in [5.74, 6) is -0.0728. The molecule has 17 heavy (non-hydrogen) atoms. The molecule has 0 atom stereocenters. The molecule has 0 bridgehead atoms. The van der Waals surface area contributed by atoms with Gasteiger partial charge in [0, 0.05) is 29.4 Å². The summed E-state index contributed by atoms with van der Waals surface area (Å²) >= 11 is 5.82. The predicted molar refractivity (Wildman–Crippen MR) is 68.0 cm³/mol. The summed E-state index contributed by atoms with van der Waals surface area (Å²) in [6.07, 6.45) is 6.78. The van der Waals surface area contributed by atoms with E-state index in [4.69, 9.17) is 11.6 Å². The van der Waals surface area contributed by atoms with Crippen LogP contribution in [0, 0.1) is 0 Å².